The standard InChI is InChI=1S/C11H18O2/c1-3-4-5-6-10-9(2)7-8-11(12)13-10/h7-10H,3-6H2,1-2H3/t9-,10-/m0/s1. The predicted molar refractivity (Wildman–Crippen MR) is 52.3 cm³/mol. The SMILES string of the molecule is CCCCC[C@@H]1OC(=O)C=C[C@@H]1C. The van der Waals surface area contributed by atoms with Crippen molar-refractivity contribution < 1.29 is 9.53 Å². The van der Waals surface area contributed by atoms with Crippen LogP contribution >= 0.6 is 0 Å². The Hall–Kier alpha value is -0.790. The van der Waals surface area contributed by atoms with E-state index >= 15 is 0 Å². The van der Waals surface area contributed by atoms with E-state index < -0.39 is 0 Å². The summed E-state index contributed by atoms with van der Waals surface area (Å²) >= 11 is 0. The molecule has 0 saturated heterocycles. The number of hydrogen-bond acceptors (Lipinski definition) is 2. The zero-order chi connectivity index (χ0) is 9.68. The smallest absolute Gasteiger partial charge is 0.330 e. The molecule has 0 spiro atoms. The molecule has 0 aliphatic carbocycles. The summed E-state index contributed by atoms with van der Waals surface area (Å²) in [5.74, 6) is 0.203. The second-order valence-electron chi connectivity index (χ2n) is 3.69. The first-order valence-electron chi connectivity index (χ1n) is 5.13. The van der Waals surface area contributed by atoms with E-state index in [9.17, 15) is 4.79 Å². The fraction of sp³-hybridized carbons (Fsp3) is 0.727. The second-order valence-corrected chi connectivity index (χ2v) is 3.69. The van der Waals surface area contributed by atoms with Crippen LogP contribution in [-0.2, 0) is 9.53 Å². The lowest BCUT2D eigenvalue weighted by Gasteiger charge is -2.24. The van der Waals surface area contributed by atoms with Crippen LogP contribution in [0.3, 0.4) is 0 Å². The lowest BCUT2D eigenvalue weighted by molar-refractivity contribution is -0.146. The summed E-state index contributed by atoms with van der Waals surface area (Å²) < 4.78 is 5.22. The number of carbonyl (C=O) groups is 1. The summed E-state index contributed by atoms with van der Waals surface area (Å²) in [6.45, 7) is 4.27. The minimum Gasteiger partial charge on any atom is -0.459 e. The summed E-state index contributed by atoms with van der Waals surface area (Å²) in [4.78, 5) is 10.9. The van der Waals surface area contributed by atoms with E-state index in [1.807, 2.05) is 6.08 Å². The summed E-state index contributed by atoms with van der Waals surface area (Å²) in [6.07, 6.45) is 8.19. The molecule has 0 N–H and O–H groups in total. The molecule has 2 nitrogen and oxygen atoms in total. The molecule has 0 aromatic rings. The highest BCUT2D eigenvalue weighted by atomic mass is 16.5. The number of hydrogen-bond donors (Lipinski definition) is 0. The molecule has 0 aromatic carbocycles. The van der Waals surface area contributed by atoms with E-state index in [1.54, 1.807) is 0 Å². The van der Waals surface area contributed by atoms with Crippen molar-refractivity contribution in [3.63, 3.8) is 0 Å². The van der Waals surface area contributed by atoms with Crippen molar-refractivity contribution in [2.24, 2.45) is 5.92 Å². The number of unbranched alkanes of at least 4 members (excludes halogenated alkanes) is 2. The number of carbonyl (C=O) groups excluding carboxylic acids is 1. The first-order valence-corrected chi connectivity index (χ1v) is 5.13. The van der Waals surface area contributed by atoms with Crippen molar-refractivity contribution >= 4 is 5.97 Å². The molecule has 0 aromatic heterocycles. The maximum atomic E-state index is 10.9. The number of ether oxygens (including phenoxy) is 1. The molecule has 1 rings (SSSR count). The summed E-state index contributed by atoms with van der Waals surface area (Å²) in [7, 11) is 0. The van der Waals surface area contributed by atoms with Crippen molar-refractivity contribution in [3.8, 4) is 0 Å². The largest absolute Gasteiger partial charge is 0.459 e. The van der Waals surface area contributed by atoms with Crippen molar-refractivity contribution in [1.29, 1.82) is 0 Å². The fourth-order valence-corrected chi connectivity index (χ4v) is 1.57. The monoisotopic (exact) mass is 182 g/mol. The van der Waals surface area contributed by atoms with Gasteiger partial charge in [0.05, 0.1) is 0 Å². The molecule has 0 radical (unpaired) electrons. The quantitative estimate of drug-likeness (QED) is 0.493. The van der Waals surface area contributed by atoms with Gasteiger partial charge >= 0.3 is 5.97 Å². The average Bonchev–Trinajstić information content (AvgIpc) is 2.11. The third-order valence-corrected chi connectivity index (χ3v) is 2.48. The number of cyclic esters (lactones) is 1. The maximum absolute atomic E-state index is 10.9. The van der Waals surface area contributed by atoms with Crippen LogP contribution in [0.5, 0.6) is 0 Å². The van der Waals surface area contributed by atoms with Crippen LogP contribution in [0, 0.1) is 5.92 Å². The van der Waals surface area contributed by atoms with E-state index in [-0.39, 0.29) is 12.1 Å². The molecule has 0 fully saturated rings. The van der Waals surface area contributed by atoms with Gasteiger partial charge in [-0.1, -0.05) is 32.8 Å². The summed E-state index contributed by atoms with van der Waals surface area (Å²) in [5, 5.41) is 0. The molecular weight excluding hydrogens is 164 g/mol. The Kier molecular flexibility index (Phi) is 4.00. The van der Waals surface area contributed by atoms with Crippen molar-refractivity contribution in [3.05, 3.63) is 12.2 Å². The van der Waals surface area contributed by atoms with Gasteiger partial charge in [-0.15, -0.1) is 0 Å². The van der Waals surface area contributed by atoms with Crippen LogP contribution in [0.2, 0.25) is 0 Å². The minimum absolute atomic E-state index is 0.115. The van der Waals surface area contributed by atoms with Gasteiger partial charge in [0, 0.05) is 12.0 Å². The molecule has 1 aliphatic heterocycles. The van der Waals surface area contributed by atoms with Crippen LogP contribution in [0.15, 0.2) is 12.2 Å². The van der Waals surface area contributed by atoms with Gasteiger partial charge in [-0.2, -0.15) is 0 Å². The van der Waals surface area contributed by atoms with Crippen LogP contribution in [0.4, 0.5) is 0 Å². The molecule has 0 amide bonds. The number of esters is 1. The second kappa shape index (κ2) is 5.05. The van der Waals surface area contributed by atoms with Gasteiger partial charge in [-0.25, -0.2) is 4.79 Å². The molecule has 0 unspecified atom stereocenters. The Morgan fingerprint density at radius 1 is 1.46 bits per heavy atom. The van der Waals surface area contributed by atoms with Crippen LogP contribution in [-0.4, -0.2) is 12.1 Å². The lowest BCUT2D eigenvalue weighted by atomic mass is 9.97. The Morgan fingerprint density at radius 2 is 2.23 bits per heavy atom. The van der Waals surface area contributed by atoms with Crippen molar-refractivity contribution in [2.45, 2.75) is 45.6 Å². The van der Waals surface area contributed by atoms with E-state index in [2.05, 4.69) is 13.8 Å². The highest BCUT2D eigenvalue weighted by Crippen LogP contribution is 2.20. The van der Waals surface area contributed by atoms with Gasteiger partial charge in [-0.05, 0) is 12.8 Å². The molecule has 74 valence electrons. The van der Waals surface area contributed by atoms with Crippen LogP contribution in [0.1, 0.15) is 39.5 Å². The van der Waals surface area contributed by atoms with E-state index in [0.29, 0.717) is 5.92 Å². The zero-order valence-electron chi connectivity index (χ0n) is 8.45. The molecule has 13 heavy (non-hydrogen) atoms. The molecule has 2 atom stereocenters. The average molecular weight is 182 g/mol. The van der Waals surface area contributed by atoms with Crippen molar-refractivity contribution in [2.75, 3.05) is 0 Å². The first kappa shape index (κ1) is 10.3. The maximum Gasteiger partial charge on any atom is 0.330 e. The van der Waals surface area contributed by atoms with Gasteiger partial charge in [0.1, 0.15) is 6.10 Å². The highest BCUT2D eigenvalue weighted by Gasteiger charge is 2.22. The third kappa shape index (κ3) is 3.21. The molecule has 1 heterocycles. The summed E-state index contributed by atoms with van der Waals surface area (Å²) in [5.41, 5.74) is 0. The van der Waals surface area contributed by atoms with E-state index in [0.717, 1.165) is 12.8 Å². The fourth-order valence-electron chi connectivity index (χ4n) is 1.57. The van der Waals surface area contributed by atoms with Gasteiger partial charge in [-0.3, -0.25) is 0 Å². The molecule has 0 bridgehead atoms. The summed E-state index contributed by atoms with van der Waals surface area (Å²) in [6, 6.07) is 0. The van der Waals surface area contributed by atoms with Crippen molar-refractivity contribution in [1.82, 2.24) is 0 Å². The molecular formula is C11H18O2. The van der Waals surface area contributed by atoms with Gasteiger partial charge in [0.2, 0.25) is 0 Å². The highest BCUT2D eigenvalue weighted by molar-refractivity contribution is 5.82. The molecule has 0 saturated carbocycles. The van der Waals surface area contributed by atoms with Gasteiger partial charge < -0.3 is 4.74 Å². The van der Waals surface area contributed by atoms with Crippen LogP contribution in [0.25, 0.3) is 0 Å². The topological polar surface area (TPSA) is 26.3 Å². The Bertz CT molecular complexity index is 196. The van der Waals surface area contributed by atoms with Gasteiger partial charge in [0.25, 0.3) is 0 Å². The normalized spacial score (nSPS) is 27.4. The Morgan fingerprint density at radius 3 is 2.92 bits per heavy atom. The van der Waals surface area contributed by atoms with E-state index in [4.69, 9.17) is 4.74 Å². The minimum atomic E-state index is -0.181. The Labute approximate surface area is 80.0 Å². The number of rotatable bonds is 4. The van der Waals surface area contributed by atoms with Crippen LogP contribution < -0.4 is 0 Å². The van der Waals surface area contributed by atoms with Gasteiger partial charge in [0.15, 0.2) is 0 Å². The zero-order valence-corrected chi connectivity index (χ0v) is 8.45. The lowest BCUT2D eigenvalue weighted by Crippen LogP contribution is -2.27. The predicted octanol–water partition coefficient (Wildman–Crippen LogP) is 2.68. The molecule has 2 heteroatoms. The molecule has 1 aliphatic rings. The third-order valence-electron chi connectivity index (χ3n) is 2.48. The van der Waals surface area contributed by atoms with E-state index in [1.165, 1.54) is 18.9 Å². The first-order chi connectivity index (χ1) is 6.24. The Balaban J connectivity index is 2.32.